The Morgan fingerprint density at radius 2 is 1.54 bits per heavy atom. The van der Waals surface area contributed by atoms with E-state index in [0.717, 1.165) is 18.1 Å². The van der Waals surface area contributed by atoms with E-state index in [4.69, 9.17) is 9.97 Å². The third-order valence-electron chi connectivity index (χ3n) is 5.19. The summed E-state index contributed by atoms with van der Waals surface area (Å²) < 4.78 is 0. The fraction of sp³-hybridized carbons (Fsp3) is 0.273. The van der Waals surface area contributed by atoms with Gasteiger partial charge in [-0.25, -0.2) is 9.97 Å². The summed E-state index contributed by atoms with van der Waals surface area (Å²) in [6.07, 6.45) is 8.77. The summed E-state index contributed by atoms with van der Waals surface area (Å²) in [6, 6.07) is 11.2. The molecule has 5 rings (SSSR count). The van der Waals surface area contributed by atoms with Gasteiger partial charge in [-0.1, -0.05) is 23.9 Å². The molecule has 26 heavy (non-hydrogen) atoms. The van der Waals surface area contributed by atoms with Crippen LogP contribution in [0.4, 0.5) is 17.3 Å². The molecule has 3 aromatic rings. The Balaban J connectivity index is 1.77. The summed E-state index contributed by atoms with van der Waals surface area (Å²) in [4.78, 5) is 14.3. The molecule has 1 aliphatic carbocycles. The lowest BCUT2D eigenvalue weighted by atomic mass is 9.90. The van der Waals surface area contributed by atoms with E-state index in [9.17, 15) is 0 Å². The average molecular weight is 359 g/mol. The van der Waals surface area contributed by atoms with Crippen molar-refractivity contribution in [1.29, 1.82) is 0 Å². The highest BCUT2D eigenvalue weighted by atomic mass is 32.2. The van der Waals surface area contributed by atoms with Crippen LogP contribution in [0.15, 0.2) is 52.5 Å². The predicted molar refractivity (Wildman–Crippen MR) is 107 cm³/mol. The Morgan fingerprint density at radius 3 is 2.23 bits per heavy atom. The van der Waals surface area contributed by atoms with Gasteiger partial charge in [0, 0.05) is 12.4 Å². The molecule has 2 aliphatic rings. The Hall–Kier alpha value is -2.33. The molecule has 0 amide bonds. The molecule has 2 aromatic heterocycles. The van der Waals surface area contributed by atoms with Crippen molar-refractivity contribution in [2.45, 2.75) is 49.3 Å². The minimum absolute atomic E-state index is 1.00. The predicted octanol–water partition coefficient (Wildman–Crippen LogP) is 5.91. The Kier molecular flexibility index (Phi) is 3.75. The van der Waals surface area contributed by atoms with E-state index in [1.54, 1.807) is 11.8 Å². The van der Waals surface area contributed by atoms with Crippen LogP contribution in [0.1, 0.15) is 35.1 Å². The average Bonchev–Trinajstić information content (AvgIpc) is 2.65. The van der Waals surface area contributed by atoms with E-state index in [1.807, 2.05) is 12.4 Å². The first-order valence-electron chi connectivity index (χ1n) is 9.23. The SMILES string of the molecule is Cc1cnc2c(c1)Sc1cc(C)cnc1N2c1cccc2c1CCCC2. The summed E-state index contributed by atoms with van der Waals surface area (Å²) in [7, 11) is 0. The molecule has 0 bridgehead atoms. The zero-order valence-electron chi connectivity index (χ0n) is 15.1. The smallest absolute Gasteiger partial charge is 0.152 e. The molecule has 0 radical (unpaired) electrons. The van der Waals surface area contributed by atoms with Crippen LogP contribution in [-0.2, 0) is 12.8 Å². The standard InChI is InChI=1S/C22H21N3S/c1-14-10-19-21(23-12-14)25(22-20(26-19)11-15(2)13-24-22)18-9-5-7-16-6-3-4-8-17(16)18/h5,7,9-13H,3-4,6,8H2,1-2H3. The molecular weight excluding hydrogens is 338 g/mol. The summed E-state index contributed by atoms with van der Waals surface area (Å²) >= 11 is 1.78. The number of benzene rings is 1. The summed E-state index contributed by atoms with van der Waals surface area (Å²) in [5, 5.41) is 0. The number of pyridine rings is 2. The number of rotatable bonds is 1. The fourth-order valence-electron chi connectivity index (χ4n) is 3.97. The number of hydrogen-bond acceptors (Lipinski definition) is 4. The molecule has 0 saturated heterocycles. The first kappa shape index (κ1) is 15.9. The van der Waals surface area contributed by atoms with Crippen molar-refractivity contribution in [1.82, 2.24) is 9.97 Å². The second-order valence-electron chi connectivity index (χ2n) is 7.23. The molecule has 3 heterocycles. The van der Waals surface area contributed by atoms with Gasteiger partial charge < -0.3 is 0 Å². The van der Waals surface area contributed by atoms with Gasteiger partial charge in [-0.15, -0.1) is 0 Å². The lowest BCUT2D eigenvalue weighted by Crippen LogP contribution is -2.20. The van der Waals surface area contributed by atoms with Crippen LogP contribution in [0.2, 0.25) is 0 Å². The van der Waals surface area contributed by atoms with Crippen LogP contribution >= 0.6 is 11.8 Å². The van der Waals surface area contributed by atoms with E-state index in [0.29, 0.717) is 0 Å². The largest absolute Gasteiger partial charge is 0.277 e. The highest BCUT2D eigenvalue weighted by molar-refractivity contribution is 7.99. The zero-order chi connectivity index (χ0) is 17.7. The van der Waals surface area contributed by atoms with E-state index in [-0.39, 0.29) is 0 Å². The Labute approximate surface area is 158 Å². The number of fused-ring (bicyclic) bond motifs is 3. The maximum Gasteiger partial charge on any atom is 0.152 e. The normalized spacial score (nSPS) is 15.2. The van der Waals surface area contributed by atoms with E-state index < -0.39 is 0 Å². The minimum Gasteiger partial charge on any atom is -0.277 e. The molecule has 130 valence electrons. The van der Waals surface area contributed by atoms with Crippen molar-refractivity contribution >= 4 is 29.1 Å². The maximum atomic E-state index is 4.81. The molecule has 0 fully saturated rings. The Morgan fingerprint density at radius 1 is 0.885 bits per heavy atom. The first-order valence-corrected chi connectivity index (χ1v) is 10.0. The fourth-order valence-corrected chi connectivity index (χ4v) is 5.17. The third kappa shape index (κ3) is 2.52. The van der Waals surface area contributed by atoms with Gasteiger partial charge in [0.05, 0.1) is 15.5 Å². The van der Waals surface area contributed by atoms with Crippen molar-refractivity contribution in [2.75, 3.05) is 4.90 Å². The lowest BCUT2D eigenvalue weighted by Gasteiger charge is -2.33. The molecule has 1 aliphatic heterocycles. The number of aromatic nitrogens is 2. The molecule has 0 unspecified atom stereocenters. The third-order valence-corrected chi connectivity index (χ3v) is 6.24. The summed E-state index contributed by atoms with van der Waals surface area (Å²) in [5.41, 5.74) is 6.57. The lowest BCUT2D eigenvalue weighted by molar-refractivity contribution is 0.685. The molecular formula is C22H21N3S. The van der Waals surface area contributed by atoms with E-state index in [2.05, 4.69) is 49.1 Å². The number of nitrogens with zero attached hydrogens (tertiary/aromatic N) is 3. The number of aryl methyl sites for hydroxylation is 3. The van der Waals surface area contributed by atoms with Gasteiger partial charge in [0.15, 0.2) is 11.6 Å². The van der Waals surface area contributed by atoms with Gasteiger partial charge in [-0.2, -0.15) is 0 Å². The van der Waals surface area contributed by atoms with Gasteiger partial charge >= 0.3 is 0 Å². The van der Waals surface area contributed by atoms with Crippen molar-refractivity contribution in [3.8, 4) is 0 Å². The van der Waals surface area contributed by atoms with Crippen LogP contribution in [0.25, 0.3) is 0 Å². The molecule has 0 saturated carbocycles. The summed E-state index contributed by atoms with van der Waals surface area (Å²) in [5.74, 6) is 2.01. The van der Waals surface area contributed by atoms with E-state index in [1.165, 1.54) is 57.0 Å². The minimum atomic E-state index is 1.00. The quantitative estimate of drug-likeness (QED) is 0.423. The van der Waals surface area contributed by atoms with Crippen LogP contribution in [0.3, 0.4) is 0 Å². The Bertz CT molecular complexity index is 961. The molecule has 1 aromatic carbocycles. The van der Waals surface area contributed by atoms with Gasteiger partial charge in [-0.05, 0) is 80.0 Å². The van der Waals surface area contributed by atoms with Gasteiger partial charge in [0.2, 0.25) is 0 Å². The molecule has 3 nitrogen and oxygen atoms in total. The number of hydrogen-bond donors (Lipinski definition) is 0. The highest BCUT2D eigenvalue weighted by Crippen LogP contribution is 2.51. The van der Waals surface area contributed by atoms with Crippen LogP contribution in [-0.4, -0.2) is 9.97 Å². The molecule has 0 N–H and O–H groups in total. The van der Waals surface area contributed by atoms with Crippen molar-refractivity contribution in [2.24, 2.45) is 0 Å². The van der Waals surface area contributed by atoms with Crippen LogP contribution < -0.4 is 4.90 Å². The first-order chi connectivity index (χ1) is 12.7. The van der Waals surface area contributed by atoms with Crippen molar-refractivity contribution in [3.05, 3.63) is 65.0 Å². The van der Waals surface area contributed by atoms with Gasteiger partial charge in [0.1, 0.15) is 0 Å². The van der Waals surface area contributed by atoms with Crippen molar-refractivity contribution in [3.63, 3.8) is 0 Å². The monoisotopic (exact) mass is 359 g/mol. The maximum absolute atomic E-state index is 4.81. The van der Waals surface area contributed by atoms with Crippen LogP contribution in [0, 0.1) is 13.8 Å². The second kappa shape index (κ2) is 6.13. The summed E-state index contributed by atoms with van der Waals surface area (Å²) in [6.45, 7) is 4.21. The molecule has 0 atom stereocenters. The van der Waals surface area contributed by atoms with E-state index >= 15 is 0 Å². The number of anilines is 3. The van der Waals surface area contributed by atoms with Gasteiger partial charge in [-0.3, -0.25) is 4.90 Å². The zero-order valence-corrected chi connectivity index (χ0v) is 15.9. The highest BCUT2D eigenvalue weighted by Gasteiger charge is 2.30. The van der Waals surface area contributed by atoms with Crippen LogP contribution in [0.5, 0.6) is 0 Å². The molecule has 0 spiro atoms. The second-order valence-corrected chi connectivity index (χ2v) is 8.31. The van der Waals surface area contributed by atoms with Crippen molar-refractivity contribution < 1.29 is 0 Å². The topological polar surface area (TPSA) is 29.0 Å². The molecule has 4 heteroatoms. The van der Waals surface area contributed by atoms with Gasteiger partial charge in [0.25, 0.3) is 0 Å².